The van der Waals surface area contributed by atoms with Crippen molar-refractivity contribution < 1.29 is 26.2 Å². The molecule has 7 nitrogen and oxygen atoms in total. The first-order chi connectivity index (χ1) is 14.5. The number of carbonyl (C=O) groups excluding carboxylic acids is 1. The monoisotopic (exact) mass is 528 g/mol. The SMILES string of the molecule is CC(=O)Nc1cccc([As](=O)(O)O)c1O.Nc1ccc(Sc2ccc(F)cc2)cc1Cl. The number of halogens is 2. The zero-order valence-electron chi connectivity index (χ0n) is 16.1. The van der Waals surface area contributed by atoms with Crippen LogP contribution < -0.4 is 15.4 Å². The molecule has 11 heteroatoms. The van der Waals surface area contributed by atoms with E-state index in [0.29, 0.717) is 10.7 Å². The maximum Gasteiger partial charge on any atom is 0.123 e. The second-order valence-electron chi connectivity index (χ2n) is 6.14. The van der Waals surface area contributed by atoms with E-state index in [1.54, 1.807) is 24.3 Å². The fourth-order valence-corrected chi connectivity index (χ4v) is 4.79. The van der Waals surface area contributed by atoms with Crippen molar-refractivity contribution in [3.05, 3.63) is 71.5 Å². The molecule has 164 valence electrons. The number of hydrogen-bond donors (Lipinski definition) is 5. The molecule has 0 atom stereocenters. The number of para-hydroxylation sites is 1. The van der Waals surface area contributed by atoms with E-state index in [9.17, 15) is 18.0 Å². The van der Waals surface area contributed by atoms with Crippen LogP contribution in [0.2, 0.25) is 5.02 Å². The van der Waals surface area contributed by atoms with Gasteiger partial charge in [0.15, 0.2) is 0 Å². The van der Waals surface area contributed by atoms with E-state index in [4.69, 9.17) is 25.5 Å². The fourth-order valence-electron chi connectivity index (χ4n) is 2.27. The van der Waals surface area contributed by atoms with Crippen molar-refractivity contribution in [1.29, 1.82) is 0 Å². The normalized spacial score (nSPS) is 10.7. The van der Waals surface area contributed by atoms with E-state index in [1.165, 1.54) is 43.0 Å². The van der Waals surface area contributed by atoms with Crippen LogP contribution in [0.15, 0.2) is 70.5 Å². The summed E-state index contributed by atoms with van der Waals surface area (Å²) < 4.78 is 41.1. The van der Waals surface area contributed by atoms with E-state index < -0.39 is 30.2 Å². The van der Waals surface area contributed by atoms with Gasteiger partial charge in [0.2, 0.25) is 0 Å². The number of amides is 1. The summed E-state index contributed by atoms with van der Waals surface area (Å²) in [7, 11) is 0. The topological polar surface area (TPSA) is 133 Å². The number of nitrogens with two attached hydrogens (primary N) is 1. The first-order valence-electron chi connectivity index (χ1n) is 8.61. The van der Waals surface area contributed by atoms with E-state index >= 15 is 0 Å². The van der Waals surface area contributed by atoms with Crippen molar-refractivity contribution in [2.45, 2.75) is 16.7 Å². The largest absolute Gasteiger partial charge is 0.398 e. The van der Waals surface area contributed by atoms with Gasteiger partial charge >= 0.3 is 88.1 Å². The molecular weight excluding hydrogens is 510 g/mol. The van der Waals surface area contributed by atoms with Crippen LogP contribution in [0.1, 0.15) is 6.92 Å². The fraction of sp³-hybridized carbons (Fsp3) is 0.0500. The molecule has 0 spiro atoms. The minimum absolute atomic E-state index is 0.00951. The zero-order valence-corrected chi connectivity index (χ0v) is 19.6. The molecule has 3 rings (SSSR count). The number of phenolic OH excluding ortho intramolecular Hbond substituents is 1. The van der Waals surface area contributed by atoms with Crippen LogP contribution in [-0.4, -0.2) is 33.4 Å². The van der Waals surface area contributed by atoms with Gasteiger partial charge < -0.3 is 5.73 Å². The first-order valence-corrected chi connectivity index (χ1v) is 13.2. The molecule has 1 amide bonds. The van der Waals surface area contributed by atoms with Gasteiger partial charge in [-0.3, -0.25) is 0 Å². The van der Waals surface area contributed by atoms with Gasteiger partial charge in [0.1, 0.15) is 5.82 Å². The smallest absolute Gasteiger partial charge is 0.123 e. The average molecular weight is 529 g/mol. The number of nitrogen functional groups attached to an aromatic ring is 1. The van der Waals surface area contributed by atoms with Gasteiger partial charge in [-0.2, -0.15) is 0 Å². The number of hydrogen-bond acceptors (Lipinski definition) is 5. The van der Waals surface area contributed by atoms with Crippen LogP contribution in [0.25, 0.3) is 0 Å². The molecule has 3 aromatic rings. The summed E-state index contributed by atoms with van der Waals surface area (Å²) in [6.45, 7) is 1.23. The number of anilines is 2. The zero-order chi connectivity index (χ0) is 23.2. The molecule has 6 N–H and O–H groups in total. The van der Waals surface area contributed by atoms with Gasteiger partial charge in [0.25, 0.3) is 0 Å². The second kappa shape index (κ2) is 10.7. The van der Waals surface area contributed by atoms with Crippen LogP contribution in [0.4, 0.5) is 15.8 Å². The molecule has 3 aromatic carbocycles. The minimum Gasteiger partial charge on any atom is -0.398 e. The van der Waals surface area contributed by atoms with Crippen LogP contribution >= 0.6 is 23.4 Å². The number of aromatic hydroxyl groups is 1. The van der Waals surface area contributed by atoms with Crippen LogP contribution in [-0.2, 0) is 8.53 Å². The molecule has 0 aliphatic rings. The van der Waals surface area contributed by atoms with Crippen molar-refractivity contribution >= 4 is 59.2 Å². The standard InChI is InChI=1S/C12H9ClFNS.C8H10AsNO5/c13-11-7-10(5-6-12(11)15)16-9-3-1-8(14)2-4-9;1-5(11)10-7-4-2-3-6(8(7)12)9(13,14)15/h1-7H,15H2;2-4,12H,1H3,(H,10,11)(H2,13,14,15). The van der Waals surface area contributed by atoms with Crippen LogP contribution in [0, 0.1) is 5.82 Å². The van der Waals surface area contributed by atoms with Gasteiger partial charge in [0.05, 0.1) is 10.7 Å². The summed E-state index contributed by atoms with van der Waals surface area (Å²) in [4.78, 5) is 12.7. The molecule has 0 aliphatic carbocycles. The number of benzene rings is 3. The Kier molecular flexibility index (Phi) is 8.61. The summed E-state index contributed by atoms with van der Waals surface area (Å²) in [5.41, 5.74) is 6.16. The summed E-state index contributed by atoms with van der Waals surface area (Å²) in [6, 6.07) is 15.6. The maximum atomic E-state index is 12.7. The molecule has 0 fully saturated rings. The third-order valence-corrected chi connectivity index (χ3v) is 7.06. The van der Waals surface area contributed by atoms with E-state index in [2.05, 4.69) is 5.32 Å². The van der Waals surface area contributed by atoms with E-state index in [0.717, 1.165) is 15.9 Å². The Labute approximate surface area is 190 Å². The van der Waals surface area contributed by atoms with Crippen molar-refractivity contribution in [3.63, 3.8) is 0 Å². The van der Waals surface area contributed by atoms with E-state index in [1.807, 2.05) is 6.07 Å². The Balaban J connectivity index is 0.000000221. The van der Waals surface area contributed by atoms with Gasteiger partial charge in [-0.1, -0.05) is 23.4 Å². The number of rotatable bonds is 4. The van der Waals surface area contributed by atoms with Crippen LogP contribution in [0.5, 0.6) is 5.75 Å². The molecule has 0 bridgehead atoms. The Morgan fingerprint density at radius 3 is 2.26 bits per heavy atom. The number of phenols is 1. The van der Waals surface area contributed by atoms with Crippen molar-refractivity contribution in [2.24, 2.45) is 0 Å². The molecule has 0 saturated heterocycles. The average Bonchev–Trinajstić information content (AvgIpc) is 2.67. The summed E-state index contributed by atoms with van der Waals surface area (Å²) in [5, 5.41) is 12.3. The van der Waals surface area contributed by atoms with Crippen molar-refractivity contribution in [2.75, 3.05) is 11.1 Å². The molecule has 31 heavy (non-hydrogen) atoms. The Morgan fingerprint density at radius 1 is 1.10 bits per heavy atom. The Bertz CT molecular complexity index is 1130. The van der Waals surface area contributed by atoms with Crippen LogP contribution in [0.3, 0.4) is 0 Å². The molecular formula is C20H19AsClFN2O5S. The molecule has 0 saturated carbocycles. The second-order valence-corrected chi connectivity index (χ2v) is 11.0. The molecule has 0 aromatic heterocycles. The number of nitrogens with one attached hydrogen (secondary N) is 1. The van der Waals surface area contributed by atoms with Gasteiger partial charge in [-0.25, -0.2) is 4.39 Å². The maximum absolute atomic E-state index is 12.7. The minimum atomic E-state index is -5.15. The summed E-state index contributed by atoms with van der Waals surface area (Å²) >= 11 is 2.27. The molecule has 0 heterocycles. The predicted octanol–water partition coefficient (Wildman–Crippen LogP) is 3.12. The van der Waals surface area contributed by atoms with Gasteiger partial charge in [0, 0.05) is 9.79 Å². The molecule has 0 aliphatic heterocycles. The predicted molar refractivity (Wildman–Crippen MR) is 119 cm³/mol. The van der Waals surface area contributed by atoms with Crippen molar-refractivity contribution in [1.82, 2.24) is 0 Å². The Morgan fingerprint density at radius 2 is 1.71 bits per heavy atom. The van der Waals surface area contributed by atoms with E-state index in [-0.39, 0.29) is 11.5 Å². The number of carbonyl (C=O) groups is 1. The summed E-state index contributed by atoms with van der Waals surface area (Å²) in [6.07, 6.45) is 0. The summed E-state index contributed by atoms with van der Waals surface area (Å²) in [5.74, 6) is -1.25. The third-order valence-electron chi connectivity index (χ3n) is 3.66. The first kappa shape index (κ1) is 24.8. The Hall–Kier alpha value is -2.42. The molecule has 0 unspecified atom stereocenters. The quantitative estimate of drug-likeness (QED) is 0.200. The van der Waals surface area contributed by atoms with Gasteiger partial charge in [-0.15, -0.1) is 0 Å². The van der Waals surface area contributed by atoms with Crippen molar-refractivity contribution in [3.8, 4) is 5.75 Å². The third kappa shape index (κ3) is 7.65. The molecule has 0 radical (unpaired) electrons. The van der Waals surface area contributed by atoms with Gasteiger partial charge in [-0.05, 0) is 42.5 Å².